The third-order valence-corrected chi connectivity index (χ3v) is 4.18. The fourth-order valence-electron chi connectivity index (χ4n) is 3.58. The topological polar surface area (TPSA) is 55.6 Å². The molecule has 0 aromatic carbocycles. The van der Waals surface area contributed by atoms with Crippen molar-refractivity contribution >= 4 is 6.09 Å². The van der Waals surface area contributed by atoms with Crippen LogP contribution in [0.5, 0.6) is 0 Å². The monoisotopic (exact) mass is 254 g/mol. The number of amides is 1. The van der Waals surface area contributed by atoms with Crippen molar-refractivity contribution in [1.29, 1.82) is 0 Å². The van der Waals surface area contributed by atoms with Crippen LogP contribution in [0.1, 0.15) is 40.5 Å². The minimum absolute atomic E-state index is 0.176. The van der Waals surface area contributed by atoms with Crippen LogP contribution in [0, 0.1) is 17.8 Å². The normalized spacial score (nSPS) is 35.7. The van der Waals surface area contributed by atoms with Gasteiger partial charge in [0.05, 0.1) is 6.04 Å². The standard InChI is InChI=1S/C14H26N2O2/c1-9-5-10-8-16(12(7-15)11(10)6-9)13(17)18-14(2,3)4/h9-12H,5-8,15H2,1-4H3/t9?,10?,11-,12?/m0/s1. The van der Waals surface area contributed by atoms with E-state index >= 15 is 0 Å². The van der Waals surface area contributed by atoms with Crippen molar-refractivity contribution in [3.63, 3.8) is 0 Å². The number of hydrogen-bond acceptors (Lipinski definition) is 3. The van der Waals surface area contributed by atoms with Crippen molar-refractivity contribution in [2.24, 2.45) is 23.5 Å². The van der Waals surface area contributed by atoms with Crippen molar-refractivity contribution in [2.45, 2.75) is 52.2 Å². The van der Waals surface area contributed by atoms with E-state index in [0.29, 0.717) is 18.4 Å². The highest BCUT2D eigenvalue weighted by molar-refractivity contribution is 5.69. The molecule has 4 atom stereocenters. The summed E-state index contributed by atoms with van der Waals surface area (Å²) in [7, 11) is 0. The summed E-state index contributed by atoms with van der Waals surface area (Å²) in [4.78, 5) is 14.1. The van der Waals surface area contributed by atoms with Crippen molar-refractivity contribution in [2.75, 3.05) is 13.1 Å². The van der Waals surface area contributed by atoms with Gasteiger partial charge >= 0.3 is 6.09 Å². The zero-order valence-electron chi connectivity index (χ0n) is 12.0. The van der Waals surface area contributed by atoms with E-state index in [1.807, 2.05) is 25.7 Å². The Hall–Kier alpha value is -0.770. The van der Waals surface area contributed by atoms with E-state index in [0.717, 1.165) is 12.5 Å². The number of hydrogen-bond donors (Lipinski definition) is 1. The number of likely N-dealkylation sites (tertiary alicyclic amines) is 1. The SMILES string of the molecule is CC1CC2CN(C(=O)OC(C)(C)C)C(CN)[C@H]2C1. The quantitative estimate of drug-likeness (QED) is 0.780. The van der Waals surface area contributed by atoms with Crippen molar-refractivity contribution in [3.8, 4) is 0 Å². The fourth-order valence-corrected chi connectivity index (χ4v) is 3.58. The predicted molar refractivity (Wildman–Crippen MR) is 71.2 cm³/mol. The maximum Gasteiger partial charge on any atom is 0.410 e. The molecule has 1 amide bonds. The zero-order valence-corrected chi connectivity index (χ0v) is 12.0. The van der Waals surface area contributed by atoms with Crippen LogP contribution in [0.4, 0.5) is 4.79 Å². The first kappa shape index (κ1) is 13.7. The third-order valence-electron chi connectivity index (χ3n) is 4.18. The minimum Gasteiger partial charge on any atom is -0.444 e. The summed E-state index contributed by atoms with van der Waals surface area (Å²) in [6.45, 7) is 9.38. The maximum absolute atomic E-state index is 12.2. The maximum atomic E-state index is 12.2. The van der Waals surface area contributed by atoms with Crippen LogP contribution in [-0.2, 0) is 4.74 Å². The zero-order chi connectivity index (χ0) is 13.5. The van der Waals surface area contributed by atoms with Crippen molar-refractivity contribution in [3.05, 3.63) is 0 Å². The summed E-state index contributed by atoms with van der Waals surface area (Å²) in [6.07, 6.45) is 2.23. The van der Waals surface area contributed by atoms with Crippen LogP contribution >= 0.6 is 0 Å². The Morgan fingerprint density at radius 3 is 2.61 bits per heavy atom. The van der Waals surface area contributed by atoms with Crippen LogP contribution in [0.15, 0.2) is 0 Å². The number of nitrogens with zero attached hydrogens (tertiary/aromatic N) is 1. The van der Waals surface area contributed by atoms with E-state index in [-0.39, 0.29) is 12.1 Å². The molecule has 4 nitrogen and oxygen atoms in total. The molecule has 2 fully saturated rings. The first-order valence-corrected chi connectivity index (χ1v) is 7.01. The lowest BCUT2D eigenvalue weighted by Gasteiger charge is -2.30. The minimum atomic E-state index is -0.429. The van der Waals surface area contributed by atoms with Crippen LogP contribution in [0.25, 0.3) is 0 Å². The second-order valence-corrected chi connectivity index (χ2v) is 6.94. The molecule has 2 N–H and O–H groups in total. The molecule has 4 heteroatoms. The number of fused-ring (bicyclic) bond motifs is 1. The first-order chi connectivity index (χ1) is 8.31. The van der Waals surface area contributed by atoms with Gasteiger partial charge in [0.15, 0.2) is 0 Å². The summed E-state index contributed by atoms with van der Waals surface area (Å²) < 4.78 is 5.48. The highest BCUT2D eigenvalue weighted by atomic mass is 16.6. The number of ether oxygens (including phenoxy) is 1. The Balaban J connectivity index is 2.04. The van der Waals surface area contributed by atoms with Gasteiger partial charge in [-0.15, -0.1) is 0 Å². The smallest absolute Gasteiger partial charge is 0.410 e. The van der Waals surface area contributed by atoms with Crippen LogP contribution in [0.3, 0.4) is 0 Å². The van der Waals surface area contributed by atoms with Crippen LogP contribution in [0.2, 0.25) is 0 Å². The Morgan fingerprint density at radius 2 is 2.06 bits per heavy atom. The summed E-state index contributed by atoms with van der Waals surface area (Å²) in [5.74, 6) is 1.98. The molecule has 0 aromatic heterocycles. The highest BCUT2D eigenvalue weighted by Crippen LogP contribution is 2.44. The predicted octanol–water partition coefficient (Wildman–Crippen LogP) is 2.23. The third kappa shape index (κ3) is 2.63. The highest BCUT2D eigenvalue weighted by Gasteiger charge is 2.48. The van der Waals surface area contributed by atoms with Gasteiger partial charge in [-0.2, -0.15) is 0 Å². The van der Waals surface area contributed by atoms with Gasteiger partial charge < -0.3 is 15.4 Å². The molecule has 2 rings (SSSR count). The Bertz CT molecular complexity index is 324. The van der Waals surface area contributed by atoms with Gasteiger partial charge in [-0.05, 0) is 51.4 Å². The number of carbonyl (C=O) groups is 1. The van der Waals surface area contributed by atoms with E-state index in [1.165, 1.54) is 12.8 Å². The van der Waals surface area contributed by atoms with E-state index in [1.54, 1.807) is 0 Å². The Labute approximate surface area is 110 Å². The molecular formula is C14H26N2O2. The fraction of sp³-hybridized carbons (Fsp3) is 0.929. The molecule has 1 saturated carbocycles. The second-order valence-electron chi connectivity index (χ2n) is 6.94. The molecule has 1 saturated heterocycles. The van der Waals surface area contributed by atoms with E-state index in [4.69, 9.17) is 10.5 Å². The van der Waals surface area contributed by atoms with Gasteiger partial charge in [-0.25, -0.2) is 4.79 Å². The lowest BCUT2D eigenvalue weighted by molar-refractivity contribution is 0.0204. The molecule has 18 heavy (non-hydrogen) atoms. The summed E-state index contributed by atoms with van der Waals surface area (Å²) in [6, 6.07) is 0.176. The molecule has 3 unspecified atom stereocenters. The Kier molecular flexibility index (Phi) is 3.58. The Morgan fingerprint density at radius 1 is 1.39 bits per heavy atom. The molecule has 0 radical (unpaired) electrons. The number of rotatable bonds is 1. The molecule has 1 heterocycles. The van der Waals surface area contributed by atoms with Gasteiger partial charge in [0.2, 0.25) is 0 Å². The molecule has 104 valence electrons. The van der Waals surface area contributed by atoms with E-state index in [9.17, 15) is 4.79 Å². The van der Waals surface area contributed by atoms with E-state index in [2.05, 4.69) is 6.92 Å². The molecular weight excluding hydrogens is 228 g/mol. The number of carbonyl (C=O) groups excluding carboxylic acids is 1. The van der Waals surface area contributed by atoms with Gasteiger partial charge in [0.1, 0.15) is 5.60 Å². The molecule has 0 spiro atoms. The van der Waals surface area contributed by atoms with Crippen molar-refractivity contribution < 1.29 is 9.53 Å². The van der Waals surface area contributed by atoms with Gasteiger partial charge in [0, 0.05) is 13.1 Å². The van der Waals surface area contributed by atoms with Crippen LogP contribution < -0.4 is 5.73 Å². The first-order valence-electron chi connectivity index (χ1n) is 7.01. The van der Waals surface area contributed by atoms with E-state index < -0.39 is 5.60 Å². The van der Waals surface area contributed by atoms with Gasteiger partial charge in [-0.1, -0.05) is 6.92 Å². The average molecular weight is 254 g/mol. The lowest BCUT2D eigenvalue weighted by atomic mass is 9.94. The molecule has 2 aliphatic rings. The molecule has 0 bridgehead atoms. The lowest BCUT2D eigenvalue weighted by Crippen LogP contribution is -2.45. The molecule has 1 aliphatic carbocycles. The summed E-state index contributed by atoms with van der Waals surface area (Å²) in [5.41, 5.74) is 5.45. The summed E-state index contributed by atoms with van der Waals surface area (Å²) in [5, 5.41) is 0. The van der Waals surface area contributed by atoms with Crippen LogP contribution in [-0.4, -0.2) is 35.7 Å². The largest absolute Gasteiger partial charge is 0.444 e. The molecule has 1 aliphatic heterocycles. The van der Waals surface area contributed by atoms with Gasteiger partial charge in [0.25, 0.3) is 0 Å². The average Bonchev–Trinajstić information content (AvgIpc) is 2.70. The number of nitrogens with two attached hydrogens (primary N) is 1. The second kappa shape index (κ2) is 4.72. The summed E-state index contributed by atoms with van der Waals surface area (Å²) >= 11 is 0. The van der Waals surface area contributed by atoms with Crippen molar-refractivity contribution in [1.82, 2.24) is 4.90 Å². The van der Waals surface area contributed by atoms with Gasteiger partial charge in [-0.3, -0.25) is 0 Å². The molecule has 0 aromatic rings.